The van der Waals surface area contributed by atoms with Crippen LogP contribution in [0.3, 0.4) is 0 Å². The second kappa shape index (κ2) is 7.45. The van der Waals surface area contributed by atoms with Gasteiger partial charge in [0.25, 0.3) is 5.91 Å². The number of benzene rings is 2. The summed E-state index contributed by atoms with van der Waals surface area (Å²) >= 11 is 0. The van der Waals surface area contributed by atoms with E-state index in [2.05, 4.69) is 21.7 Å². The molecule has 124 valence electrons. The number of carbonyl (C=O) groups is 1. The zero-order valence-corrected chi connectivity index (χ0v) is 13.9. The normalized spacial score (nSPS) is 10.2. The maximum Gasteiger partial charge on any atom is 0.251 e. The highest BCUT2D eigenvalue weighted by atomic mass is 16.1. The second-order valence-electron chi connectivity index (χ2n) is 5.59. The molecule has 0 unspecified atom stereocenters. The van der Waals surface area contributed by atoms with E-state index in [1.165, 1.54) is 0 Å². The van der Waals surface area contributed by atoms with E-state index in [0.29, 0.717) is 24.3 Å². The van der Waals surface area contributed by atoms with Crippen molar-refractivity contribution in [2.45, 2.75) is 13.5 Å². The van der Waals surface area contributed by atoms with Crippen LogP contribution in [0, 0.1) is 11.3 Å². The summed E-state index contributed by atoms with van der Waals surface area (Å²) < 4.78 is 0. The predicted octanol–water partition coefficient (Wildman–Crippen LogP) is 3.47. The van der Waals surface area contributed by atoms with E-state index in [4.69, 9.17) is 5.26 Å². The summed E-state index contributed by atoms with van der Waals surface area (Å²) in [6.07, 6.45) is 0. The number of pyridine rings is 1. The first-order valence-corrected chi connectivity index (χ1v) is 8.12. The molecule has 0 radical (unpaired) electrons. The fourth-order valence-corrected chi connectivity index (χ4v) is 2.61. The maximum atomic E-state index is 11.8. The number of hydrogen-bond donors (Lipinski definition) is 2. The Morgan fingerprint density at radius 2 is 1.92 bits per heavy atom. The van der Waals surface area contributed by atoms with Crippen LogP contribution in [0.2, 0.25) is 0 Å². The van der Waals surface area contributed by atoms with Gasteiger partial charge >= 0.3 is 0 Å². The fourth-order valence-electron chi connectivity index (χ4n) is 2.61. The van der Waals surface area contributed by atoms with Gasteiger partial charge in [-0.3, -0.25) is 4.79 Å². The molecule has 1 amide bonds. The number of nitriles is 1. The summed E-state index contributed by atoms with van der Waals surface area (Å²) in [4.78, 5) is 16.1. The highest BCUT2D eigenvalue weighted by Crippen LogP contribution is 2.23. The summed E-state index contributed by atoms with van der Waals surface area (Å²) in [6, 6.07) is 19.0. The molecule has 25 heavy (non-hydrogen) atoms. The van der Waals surface area contributed by atoms with Crippen LogP contribution >= 0.6 is 0 Å². The molecule has 0 spiro atoms. The number of para-hydroxylation sites is 1. The molecule has 3 rings (SSSR count). The Morgan fingerprint density at radius 1 is 1.16 bits per heavy atom. The minimum absolute atomic E-state index is 0.0687. The Labute approximate surface area is 146 Å². The van der Waals surface area contributed by atoms with Crippen LogP contribution in [0.1, 0.15) is 28.5 Å². The van der Waals surface area contributed by atoms with Crippen molar-refractivity contribution in [2.24, 2.45) is 0 Å². The molecular weight excluding hydrogens is 312 g/mol. The molecule has 0 saturated carbocycles. The fraction of sp³-hybridized carbons (Fsp3) is 0.150. The van der Waals surface area contributed by atoms with E-state index in [-0.39, 0.29) is 5.91 Å². The molecule has 1 heterocycles. The third-order valence-corrected chi connectivity index (χ3v) is 3.87. The van der Waals surface area contributed by atoms with Crippen molar-refractivity contribution in [1.82, 2.24) is 10.3 Å². The molecule has 0 fully saturated rings. The number of fused-ring (bicyclic) bond motifs is 1. The molecule has 0 atom stereocenters. The number of aromatic nitrogens is 1. The van der Waals surface area contributed by atoms with Gasteiger partial charge in [0.1, 0.15) is 11.8 Å². The first-order valence-electron chi connectivity index (χ1n) is 8.12. The van der Waals surface area contributed by atoms with Gasteiger partial charge in [0.15, 0.2) is 0 Å². The van der Waals surface area contributed by atoms with Crippen LogP contribution < -0.4 is 10.6 Å². The number of nitrogens with zero attached hydrogens (tertiary/aromatic N) is 2. The van der Waals surface area contributed by atoms with Gasteiger partial charge < -0.3 is 10.6 Å². The third-order valence-electron chi connectivity index (χ3n) is 3.87. The van der Waals surface area contributed by atoms with Crippen LogP contribution in [0.5, 0.6) is 0 Å². The largest absolute Gasteiger partial charge is 0.380 e. The molecule has 0 aliphatic rings. The van der Waals surface area contributed by atoms with Crippen molar-refractivity contribution < 1.29 is 4.79 Å². The van der Waals surface area contributed by atoms with E-state index < -0.39 is 0 Å². The lowest BCUT2D eigenvalue weighted by Gasteiger charge is -2.11. The molecule has 0 bridgehead atoms. The number of amides is 1. The van der Waals surface area contributed by atoms with Crippen LogP contribution in [-0.2, 0) is 6.54 Å². The summed E-state index contributed by atoms with van der Waals surface area (Å²) in [5, 5.41) is 16.3. The average molecular weight is 330 g/mol. The minimum Gasteiger partial charge on any atom is -0.380 e. The van der Waals surface area contributed by atoms with Crippen molar-refractivity contribution in [3.63, 3.8) is 0 Å². The van der Waals surface area contributed by atoms with E-state index in [0.717, 1.165) is 22.2 Å². The van der Waals surface area contributed by atoms with E-state index in [9.17, 15) is 4.79 Å². The van der Waals surface area contributed by atoms with Gasteiger partial charge in [0.2, 0.25) is 0 Å². The number of rotatable bonds is 5. The molecular formula is C20H18N4O. The first-order chi connectivity index (χ1) is 12.2. The third kappa shape index (κ3) is 3.75. The second-order valence-corrected chi connectivity index (χ2v) is 5.59. The average Bonchev–Trinajstić information content (AvgIpc) is 2.66. The Morgan fingerprint density at radius 3 is 2.64 bits per heavy atom. The monoisotopic (exact) mass is 330 g/mol. The molecule has 1 aromatic heterocycles. The van der Waals surface area contributed by atoms with Crippen molar-refractivity contribution in [1.29, 1.82) is 5.26 Å². The van der Waals surface area contributed by atoms with E-state index >= 15 is 0 Å². The van der Waals surface area contributed by atoms with E-state index in [1.807, 2.05) is 55.5 Å². The SMILES string of the molecule is CCNC(=O)c1ccc(CNc2cc(C#N)nc3ccccc23)cc1. The van der Waals surface area contributed by atoms with Gasteiger partial charge in [0.05, 0.1) is 5.52 Å². The van der Waals surface area contributed by atoms with Crippen LogP contribution in [0.15, 0.2) is 54.6 Å². The molecule has 2 aromatic carbocycles. The number of carbonyl (C=O) groups excluding carboxylic acids is 1. The maximum absolute atomic E-state index is 11.8. The van der Waals surface area contributed by atoms with Crippen molar-refractivity contribution in [2.75, 3.05) is 11.9 Å². The topological polar surface area (TPSA) is 77.8 Å². The van der Waals surface area contributed by atoms with Crippen LogP contribution in [0.25, 0.3) is 10.9 Å². The zero-order valence-electron chi connectivity index (χ0n) is 13.9. The number of hydrogen-bond acceptors (Lipinski definition) is 4. The summed E-state index contributed by atoms with van der Waals surface area (Å²) in [6.45, 7) is 3.10. The first kappa shape index (κ1) is 16.5. The minimum atomic E-state index is -0.0687. The molecule has 0 aliphatic heterocycles. The number of nitrogens with one attached hydrogen (secondary N) is 2. The Kier molecular flexibility index (Phi) is 4.91. The van der Waals surface area contributed by atoms with Crippen molar-refractivity contribution in [3.05, 3.63) is 71.4 Å². The lowest BCUT2D eigenvalue weighted by Crippen LogP contribution is -2.22. The Balaban J connectivity index is 1.79. The quantitative estimate of drug-likeness (QED) is 0.751. The highest BCUT2D eigenvalue weighted by Gasteiger charge is 2.06. The van der Waals surface area contributed by atoms with Gasteiger partial charge in [-0.25, -0.2) is 4.98 Å². The summed E-state index contributed by atoms with van der Waals surface area (Å²) in [7, 11) is 0. The molecule has 5 heteroatoms. The van der Waals surface area contributed by atoms with Gasteiger partial charge in [-0.1, -0.05) is 30.3 Å². The Bertz CT molecular complexity index is 942. The van der Waals surface area contributed by atoms with Gasteiger partial charge in [-0.15, -0.1) is 0 Å². The predicted molar refractivity (Wildman–Crippen MR) is 98.2 cm³/mol. The standard InChI is InChI=1S/C20H18N4O/c1-2-22-20(25)15-9-7-14(8-10-15)13-23-19-11-16(12-21)24-18-6-4-3-5-17(18)19/h3-11H,2,13H2,1H3,(H,22,25)(H,23,24). The molecule has 2 N–H and O–H groups in total. The van der Waals surface area contributed by atoms with Gasteiger partial charge in [0, 0.05) is 29.7 Å². The molecule has 3 aromatic rings. The van der Waals surface area contributed by atoms with Gasteiger partial charge in [-0.05, 0) is 36.8 Å². The van der Waals surface area contributed by atoms with Gasteiger partial charge in [-0.2, -0.15) is 5.26 Å². The van der Waals surface area contributed by atoms with Crippen LogP contribution in [0.4, 0.5) is 5.69 Å². The Hall–Kier alpha value is -3.39. The van der Waals surface area contributed by atoms with E-state index in [1.54, 1.807) is 6.07 Å². The van der Waals surface area contributed by atoms with Crippen molar-refractivity contribution >= 4 is 22.5 Å². The lowest BCUT2D eigenvalue weighted by molar-refractivity contribution is 0.0956. The highest BCUT2D eigenvalue weighted by molar-refractivity contribution is 5.94. The lowest BCUT2D eigenvalue weighted by atomic mass is 10.1. The van der Waals surface area contributed by atoms with Crippen LogP contribution in [-0.4, -0.2) is 17.4 Å². The molecule has 0 saturated heterocycles. The summed E-state index contributed by atoms with van der Waals surface area (Å²) in [5.74, 6) is -0.0687. The molecule has 0 aliphatic carbocycles. The molecule has 5 nitrogen and oxygen atoms in total. The van der Waals surface area contributed by atoms with Crippen molar-refractivity contribution in [3.8, 4) is 6.07 Å². The smallest absolute Gasteiger partial charge is 0.251 e. The summed E-state index contributed by atoms with van der Waals surface area (Å²) in [5.41, 5.74) is 3.73. The zero-order chi connectivity index (χ0) is 17.6. The number of anilines is 1.